The van der Waals surface area contributed by atoms with Gasteiger partial charge in [-0.15, -0.1) is 0 Å². The molecule has 27 heavy (non-hydrogen) atoms. The van der Waals surface area contributed by atoms with E-state index in [1.54, 1.807) is 6.07 Å². The van der Waals surface area contributed by atoms with E-state index in [1.165, 1.54) is 20.0 Å². The van der Waals surface area contributed by atoms with Crippen LogP contribution in [0, 0.1) is 5.92 Å². The van der Waals surface area contributed by atoms with Crippen molar-refractivity contribution in [2.75, 3.05) is 5.32 Å². The monoisotopic (exact) mass is 381 g/mol. The first kappa shape index (κ1) is 21.6. The number of primary amides is 1. The molecule has 1 aromatic heterocycles. The highest BCUT2D eigenvalue weighted by molar-refractivity contribution is 5.99. The van der Waals surface area contributed by atoms with Crippen LogP contribution in [0.25, 0.3) is 0 Å². The number of hydrogen-bond donors (Lipinski definition) is 4. The van der Waals surface area contributed by atoms with Crippen molar-refractivity contribution in [1.82, 2.24) is 4.98 Å². The molecule has 1 heterocycles. The smallest absolute Gasteiger partial charge is 0.252 e. The molecule has 0 unspecified atom stereocenters. The lowest BCUT2D eigenvalue weighted by Gasteiger charge is -2.37. The van der Waals surface area contributed by atoms with Crippen molar-refractivity contribution in [3.05, 3.63) is 23.5 Å². The minimum Gasteiger partial charge on any atom is -0.390 e. The third-order valence-electron chi connectivity index (χ3n) is 5.45. The van der Waals surface area contributed by atoms with E-state index in [9.17, 15) is 19.4 Å². The molecule has 0 radical (unpaired) electrons. The van der Waals surface area contributed by atoms with E-state index in [1.807, 2.05) is 13.8 Å². The molecular formula is C20H32FN3O3. The number of nitrogens with one attached hydrogen (secondary N) is 1. The van der Waals surface area contributed by atoms with E-state index in [2.05, 4.69) is 10.3 Å². The van der Waals surface area contributed by atoms with Gasteiger partial charge in [-0.05, 0) is 58.9 Å². The van der Waals surface area contributed by atoms with Crippen LogP contribution in [-0.2, 0) is 6.42 Å². The second kappa shape index (κ2) is 8.10. The zero-order valence-electron chi connectivity index (χ0n) is 16.6. The van der Waals surface area contributed by atoms with Gasteiger partial charge in [-0.25, -0.2) is 4.39 Å². The zero-order valence-corrected chi connectivity index (χ0v) is 16.6. The Bertz CT molecular complexity index is 667. The normalized spacial score (nSPS) is 22.3. The van der Waals surface area contributed by atoms with E-state index < -0.39 is 23.3 Å². The molecule has 0 bridgehead atoms. The molecule has 152 valence electrons. The van der Waals surface area contributed by atoms with Crippen molar-refractivity contribution < 1.29 is 19.4 Å². The van der Waals surface area contributed by atoms with Gasteiger partial charge in [0.05, 0.1) is 28.1 Å². The van der Waals surface area contributed by atoms with Gasteiger partial charge in [0.1, 0.15) is 6.17 Å². The number of anilines is 1. The maximum atomic E-state index is 14.3. The molecular weight excluding hydrogens is 349 g/mol. The summed E-state index contributed by atoms with van der Waals surface area (Å²) in [6, 6.07) is 1.74. The molecule has 2 rings (SSSR count). The number of carbonyl (C=O) groups excluding carboxylic acids is 1. The van der Waals surface area contributed by atoms with Crippen LogP contribution < -0.4 is 11.1 Å². The molecule has 1 saturated carbocycles. The summed E-state index contributed by atoms with van der Waals surface area (Å²) in [6.07, 6.45) is 3.36. The lowest BCUT2D eigenvalue weighted by Crippen LogP contribution is -2.39. The van der Waals surface area contributed by atoms with Gasteiger partial charge < -0.3 is 21.3 Å². The van der Waals surface area contributed by atoms with Gasteiger partial charge in [-0.1, -0.05) is 6.42 Å². The molecule has 6 nitrogen and oxygen atoms in total. The van der Waals surface area contributed by atoms with E-state index in [4.69, 9.17) is 5.73 Å². The number of halogens is 1. The van der Waals surface area contributed by atoms with Crippen LogP contribution in [-0.4, -0.2) is 44.5 Å². The van der Waals surface area contributed by atoms with Crippen molar-refractivity contribution in [2.24, 2.45) is 11.7 Å². The molecule has 1 aliphatic carbocycles. The average Bonchev–Trinajstić information content (AvgIpc) is 2.53. The van der Waals surface area contributed by atoms with Crippen LogP contribution >= 0.6 is 0 Å². The maximum absolute atomic E-state index is 14.3. The predicted molar refractivity (Wildman–Crippen MR) is 103 cm³/mol. The fourth-order valence-electron chi connectivity index (χ4n) is 3.66. The third kappa shape index (κ3) is 5.62. The summed E-state index contributed by atoms with van der Waals surface area (Å²) in [5.41, 5.74) is 4.18. The van der Waals surface area contributed by atoms with Gasteiger partial charge in [-0.2, -0.15) is 0 Å². The van der Waals surface area contributed by atoms with Gasteiger partial charge >= 0.3 is 0 Å². The van der Waals surface area contributed by atoms with Crippen LogP contribution in [0.5, 0.6) is 0 Å². The third-order valence-corrected chi connectivity index (χ3v) is 5.45. The van der Waals surface area contributed by atoms with Crippen molar-refractivity contribution in [2.45, 2.75) is 83.2 Å². The molecule has 0 aromatic carbocycles. The Morgan fingerprint density at radius 1 is 1.37 bits per heavy atom. The number of nitrogens with two attached hydrogens (primary N) is 1. The number of nitrogens with zero attached hydrogens (tertiary/aromatic N) is 1. The van der Waals surface area contributed by atoms with Crippen LogP contribution in [0.1, 0.15) is 69.4 Å². The SMILES string of the molecule is CC(C)(O)[C@H]1CCC[C@@H](Nc2ccnc(C[C@@H](F)C(C)(C)O)c2C(N)=O)C1. The quantitative estimate of drug-likeness (QED) is 0.580. The average molecular weight is 381 g/mol. The van der Waals surface area contributed by atoms with E-state index in [0.29, 0.717) is 5.69 Å². The zero-order chi connectivity index (χ0) is 20.4. The Labute approximate surface area is 160 Å². The second-order valence-electron chi connectivity index (χ2n) is 8.73. The van der Waals surface area contributed by atoms with Gasteiger partial charge in [0, 0.05) is 18.7 Å². The summed E-state index contributed by atoms with van der Waals surface area (Å²) in [5, 5.41) is 23.5. The number of rotatable bonds is 7. The Balaban J connectivity index is 2.24. The highest BCUT2D eigenvalue weighted by Gasteiger charge is 2.33. The first-order valence-electron chi connectivity index (χ1n) is 9.52. The minimum absolute atomic E-state index is 0.0824. The van der Waals surface area contributed by atoms with E-state index in [-0.39, 0.29) is 29.6 Å². The molecule has 1 fully saturated rings. The molecule has 1 amide bonds. The Kier molecular flexibility index (Phi) is 6.47. The summed E-state index contributed by atoms with van der Waals surface area (Å²) in [7, 11) is 0. The predicted octanol–water partition coefficient (Wildman–Crippen LogP) is 2.57. The minimum atomic E-state index is -1.58. The van der Waals surface area contributed by atoms with Gasteiger partial charge in [0.15, 0.2) is 0 Å². The molecule has 3 atom stereocenters. The largest absolute Gasteiger partial charge is 0.390 e. The Hall–Kier alpha value is -1.73. The summed E-state index contributed by atoms with van der Waals surface area (Å²) in [6.45, 7) is 6.39. The first-order chi connectivity index (χ1) is 12.4. The molecule has 1 aliphatic rings. The highest BCUT2D eigenvalue weighted by Crippen LogP contribution is 2.34. The number of amides is 1. The number of hydrogen-bond acceptors (Lipinski definition) is 5. The van der Waals surface area contributed by atoms with Gasteiger partial charge in [-0.3, -0.25) is 9.78 Å². The van der Waals surface area contributed by atoms with E-state index >= 15 is 0 Å². The summed E-state index contributed by atoms with van der Waals surface area (Å²) < 4.78 is 14.3. The van der Waals surface area contributed by atoms with Crippen LogP contribution in [0.2, 0.25) is 0 Å². The first-order valence-corrected chi connectivity index (χ1v) is 9.52. The molecule has 0 aliphatic heterocycles. The molecule has 0 spiro atoms. The van der Waals surface area contributed by atoms with E-state index in [0.717, 1.165) is 25.7 Å². The van der Waals surface area contributed by atoms with Crippen molar-refractivity contribution in [3.63, 3.8) is 0 Å². The highest BCUT2D eigenvalue weighted by atomic mass is 19.1. The van der Waals surface area contributed by atoms with Crippen LogP contribution in [0.3, 0.4) is 0 Å². The van der Waals surface area contributed by atoms with Crippen LogP contribution in [0.4, 0.5) is 10.1 Å². The number of pyridine rings is 1. The number of alkyl halides is 1. The van der Waals surface area contributed by atoms with Gasteiger partial charge in [0.2, 0.25) is 0 Å². The maximum Gasteiger partial charge on any atom is 0.252 e. The Morgan fingerprint density at radius 2 is 2.04 bits per heavy atom. The van der Waals surface area contributed by atoms with Gasteiger partial charge in [0.25, 0.3) is 5.91 Å². The number of carbonyl (C=O) groups is 1. The lowest BCUT2D eigenvalue weighted by atomic mass is 9.76. The molecule has 7 heteroatoms. The van der Waals surface area contributed by atoms with Crippen molar-refractivity contribution in [1.29, 1.82) is 0 Å². The second-order valence-corrected chi connectivity index (χ2v) is 8.73. The van der Waals surface area contributed by atoms with Crippen LogP contribution in [0.15, 0.2) is 12.3 Å². The summed E-state index contributed by atoms with van der Waals surface area (Å²) in [5.74, 6) is -0.522. The summed E-state index contributed by atoms with van der Waals surface area (Å²) in [4.78, 5) is 16.2. The topological polar surface area (TPSA) is 108 Å². The molecule has 5 N–H and O–H groups in total. The van der Waals surface area contributed by atoms with Crippen molar-refractivity contribution in [3.8, 4) is 0 Å². The lowest BCUT2D eigenvalue weighted by molar-refractivity contribution is -0.00307. The fraction of sp³-hybridized carbons (Fsp3) is 0.700. The molecule has 1 aromatic rings. The molecule has 0 saturated heterocycles. The fourth-order valence-corrected chi connectivity index (χ4v) is 3.66. The summed E-state index contributed by atoms with van der Waals surface area (Å²) >= 11 is 0. The number of aliphatic hydroxyl groups is 2. The number of aromatic nitrogens is 1. The van der Waals surface area contributed by atoms with Crippen molar-refractivity contribution >= 4 is 11.6 Å². The standard InChI is InChI=1S/C20H32FN3O3/c1-19(2,26)12-6-5-7-13(10-12)24-14-8-9-23-15(17(14)18(22)25)11-16(21)20(3,4)27/h8-9,12-13,16,26-27H,5-7,10-11H2,1-4H3,(H2,22,25)(H,23,24)/t12-,13+,16+/m0/s1. The Morgan fingerprint density at radius 3 is 2.59 bits per heavy atom.